The fourth-order valence-corrected chi connectivity index (χ4v) is 1.44. The predicted octanol–water partition coefficient (Wildman–Crippen LogP) is 1.79. The molecule has 20 heavy (non-hydrogen) atoms. The van der Waals surface area contributed by atoms with Gasteiger partial charge in [-0.3, -0.25) is 0 Å². The van der Waals surface area contributed by atoms with Gasteiger partial charge in [0.05, 0.1) is 6.61 Å². The number of hydrogen-bond acceptors (Lipinski definition) is 4. The van der Waals surface area contributed by atoms with Gasteiger partial charge in [0.2, 0.25) is 0 Å². The van der Waals surface area contributed by atoms with Crippen molar-refractivity contribution in [2.24, 2.45) is 0 Å². The van der Waals surface area contributed by atoms with Gasteiger partial charge in [0.15, 0.2) is 5.54 Å². The third-order valence-electron chi connectivity index (χ3n) is 2.66. The topological polar surface area (TPSA) is 84.9 Å². The van der Waals surface area contributed by atoms with Gasteiger partial charge in [-0.15, -0.1) is 0 Å². The monoisotopic (exact) mass is 281 g/mol. The molecule has 6 nitrogen and oxygen atoms in total. The van der Waals surface area contributed by atoms with E-state index in [2.05, 4.69) is 5.32 Å². The molecule has 1 amide bonds. The number of carboxylic acids is 1. The maximum Gasteiger partial charge on any atom is 0.408 e. The molecule has 0 heterocycles. The first-order valence-electron chi connectivity index (χ1n) is 6.28. The van der Waals surface area contributed by atoms with Gasteiger partial charge in [-0.05, 0) is 19.4 Å². The summed E-state index contributed by atoms with van der Waals surface area (Å²) in [5.74, 6) is -1.18. The van der Waals surface area contributed by atoms with E-state index in [1.54, 1.807) is 6.92 Å². The highest BCUT2D eigenvalue weighted by Gasteiger charge is 2.35. The Morgan fingerprint density at radius 1 is 1.30 bits per heavy atom. The van der Waals surface area contributed by atoms with Gasteiger partial charge < -0.3 is 19.9 Å². The Balaban J connectivity index is 2.52. The maximum absolute atomic E-state index is 11.6. The summed E-state index contributed by atoms with van der Waals surface area (Å²) < 4.78 is 10.1. The number of ether oxygens (including phenoxy) is 2. The van der Waals surface area contributed by atoms with Crippen LogP contribution < -0.4 is 5.32 Å². The number of rotatable bonds is 7. The third-order valence-corrected chi connectivity index (χ3v) is 2.66. The minimum Gasteiger partial charge on any atom is -0.479 e. The predicted molar refractivity (Wildman–Crippen MR) is 72.3 cm³/mol. The maximum atomic E-state index is 11.6. The van der Waals surface area contributed by atoms with Crippen LogP contribution in [0.4, 0.5) is 4.79 Å². The molecule has 0 fully saturated rings. The molecule has 1 rings (SSSR count). The highest BCUT2D eigenvalue weighted by atomic mass is 16.5. The molecule has 6 heteroatoms. The zero-order chi connectivity index (χ0) is 15.0. The Kier molecular flexibility index (Phi) is 5.99. The number of carboxylic acid groups (broad SMARTS) is 1. The molecular weight excluding hydrogens is 262 g/mol. The lowest BCUT2D eigenvalue weighted by Gasteiger charge is -2.25. The van der Waals surface area contributed by atoms with Crippen molar-refractivity contribution in [3.8, 4) is 0 Å². The van der Waals surface area contributed by atoms with Crippen LogP contribution in [0, 0.1) is 0 Å². The quantitative estimate of drug-likeness (QED) is 0.796. The van der Waals surface area contributed by atoms with Gasteiger partial charge in [-0.25, -0.2) is 9.59 Å². The number of amides is 1. The van der Waals surface area contributed by atoms with Gasteiger partial charge >= 0.3 is 12.1 Å². The number of alkyl carbamates (subject to hydrolysis) is 1. The molecule has 1 aromatic carbocycles. The van der Waals surface area contributed by atoms with Crippen molar-refractivity contribution in [1.29, 1.82) is 0 Å². The lowest BCUT2D eigenvalue weighted by molar-refractivity contribution is -0.146. The first kappa shape index (κ1) is 16.0. The Morgan fingerprint density at radius 2 is 1.95 bits per heavy atom. The second kappa shape index (κ2) is 7.49. The average molecular weight is 281 g/mol. The van der Waals surface area contributed by atoms with E-state index in [1.165, 1.54) is 6.92 Å². The van der Waals surface area contributed by atoms with Gasteiger partial charge in [-0.1, -0.05) is 30.3 Å². The summed E-state index contributed by atoms with van der Waals surface area (Å²) in [6.07, 6.45) is -0.793. The van der Waals surface area contributed by atoms with Gasteiger partial charge in [0.25, 0.3) is 0 Å². The largest absolute Gasteiger partial charge is 0.479 e. The van der Waals surface area contributed by atoms with E-state index in [4.69, 9.17) is 14.6 Å². The van der Waals surface area contributed by atoms with Crippen LogP contribution in [0.5, 0.6) is 0 Å². The van der Waals surface area contributed by atoms with Gasteiger partial charge in [0, 0.05) is 6.61 Å². The fraction of sp³-hybridized carbons (Fsp3) is 0.429. The Morgan fingerprint density at radius 3 is 2.50 bits per heavy atom. The van der Waals surface area contributed by atoms with Crippen molar-refractivity contribution in [1.82, 2.24) is 5.32 Å². The van der Waals surface area contributed by atoms with Crippen molar-refractivity contribution in [3.05, 3.63) is 35.9 Å². The standard InChI is InChI=1S/C14H19NO5/c1-3-19-10-14(2,12(16)17)15-13(18)20-9-11-7-5-4-6-8-11/h4-8H,3,9-10H2,1-2H3,(H,15,18)(H,16,17). The van der Waals surface area contributed by atoms with Crippen molar-refractivity contribution in [2.45, 2.75) is 26.0 Å². The lowest BCUT2D eigenvalue weighted by Crippen LogP contribution is -2.55. The molecule has 1 atom stereocenters. The summed E-state index contributed by atoms with van der Waals surface area (Å²) in [6.45, 7) is 3.44. The molecule has 110 valence electrons. The molecule has 0 aliphatic rings. The van der Waals surface area contributed by atoms with E-state index in [-0.39, 0.29) is 13.2 Å². The van der Waals surface area contributed by atoms with Gasteiger partial charge in [0.1, 0.15) is 6.61 Å². The molecule has 1 aromatic rings. The Labute approximate surface area is 117 Å². The summed E-state index contributed by atoms with van der Waals surface area (Å²) >= 11 is 0. The van der Waals surface area contributed by atoms with Crippen molar-refractivity contribution >= 4 is 12.1 Å². The van der Waals surface area contributed by atoms with E-state index in [0.29, 0.717) is 6.61 Å². The minimum atomic E-state index is -1.51. The number of hydrogen-bond donors (Lipinski definition) is 2. The van der Waals surface area contributed by atoms with E-state index in [1.807, 2.05) is 30.3 Å². The summed E-state index contributed by atoms with van der Waals surface area (Å²) in [7, 11) is 0. The molecule has 0 aromatic heterocycles. The van der Waals surface area contributed by atoms with Crippen LogP contribution in [0.25, 0.3) is 0 Å². The van der Waals surface area contributed by atoms with Crippen molar-refractivity contribution in [2.75, 3.05) is 13.2 Å². The van der Waals surface area contributed by atoms with E-state index < -0.39 is 17.6 Å². The average Bonchev–Trinajstić information content (AvgIpc) is 2.44. The van der Waals surface area contributed by atoms with Crippen LogP contribution >= 0.6 is 0 Å². The number of nitrogens with one attached hydrogen (secondary N) is 1. The highest BCUT2D eigenvalue weighted by Crippen LogP contribution is 2.07. The second-order valence-electron chi connectivity index (χ2n) is 4.46. The zero-order valence-electron chi connectivity index (χ0n) is 11.6. The Bertz CT molecular complexity index is 448. The van der Waals surface area contributed by atoms with Crippen LogP contribution in [-0.2, 0) is 20.9 Å². The van der Waals surface area contributed by atoms with Crippen molar-refractivity contribution in [3.63, 3.8) is 0 Å². The van der Waals surface area contributed by atoms with E-state index in [0.717, 1.165) is 5.56 Å². The minimum absolute atomic E-state index is 0.0804. The highest BCUT2D eigenvalue weighted by molar-refractivity contribution is 5.84. The zero-order valence-corrected chi connectivity index (χ0v) is 11.6. The summed E-state index contributed by atoms with van der Waals surface area (Å²) in [5.41, 5.74) is -0.687. The summed E-state index contributed by atoms with van der Waals surface area (Å²) in [5, 5.41) is 11.5. The number of carbonyl (C=O) groups excluding carboxylic acids is 1. The van der Waals surface area contributed by atoms with E-state index >= 15 is 0 Å². The summed E-state index contributed by atoms with van der Waals surface area (Å²) in [4.78, 5) is 22.8. The normalized spacial score (nSPS) is 13.3. The molecule has 2 N–H and O–H groups in total. The first-order chi connectivity index (χ1) is 9.48. The van der Waals surface area contributed by atoms with Crippen LogP contribution in [0.3, 0.4) is 0 Å². The molecular formula is C14H19NO5. The SMILES string of the molecule is CCOCC(C)(NC(=O)OCc1ccccc1)C(=O)O. The molecule has 0 saturated carbocycles. The second-order valence-corrected chi connectivity index (χ2v) is 4.46. The van der Waals surface area contributed by atoms with E-state index in [9.17, 15) is 9.59 Å². The summed E-state index contributed by atoms with van der Waals surface area (Å²) in [6, 6.07) is 9.13. The van der Waals surface area contributed by atoms with Gasteiger partial charge in [-0.2, -0.15) is 0 Å². The van der Waals surface area contributed by atoms with Crippen LogP contribution in [0.15, 0.2) is 30.3 Å². The lowest BCUT2D eigenvalue weighted by atomic mass is 10.1. The first-order valence-corrected chi connectivity index (χ1v) is 6.28. The molecule has 0 radical (unpaired) electrons. The fourth-order valence-electron chi connectivity index (χ4n) is 1.44. The molecule has 0 aliphatic heterocycles. The number of carbonyl (C=O) groups is 2. The third kappa shape index (κ3) is 4.89. The van der Waals surface area contributed by atoms with Crippen LogP contribution in [0.2, 0.25) is 0 Å². The molecule has 0 spiro atoms. The Hall–Kier alpha value is -2.08. The molecule has 0 aliphatic carbocycles. The van der Waals surface area contributed by atoms with Crippen molar-refractivity contribution < 1.29 is 24.2 Å². The number of benzene rings is 1. The van der Waals surface area contributed by atoms with Crippen LogP contribution in [-0.4, -0.2) is 35.9 Å². The smallest absolute Gasteiger partial charge is 0.408 e. The van der Waals surface area contributed by atoms with Crippen LogP contribution in [0.1, 0.15) is 19.4 Å². The molecule has 1 unspecified atom stereocenters. The number of aliphatic carboxylic acids is 1. The molecule has 0 bridgehead atoms. The molecule has 0 saturated heterocycles.